The van der Waals surface area contributed by atoms with Gasteiger partial charge >= 0.3 is 0 Å². The molecule has 2 aromatic carbocycles. The van der Waals surface area contributed by atoms with Gasteiger partial charge in [0.1, 0.15) is 5.69 Å². The third-order valence-electron chi connectivity index (χ3n) is 6.80. The summed E-state index contributed by atoms with van der Waals surface area (Å²) in [5.74, 6) is -0.590. The number of rotatable bonds is 6. The number of nitrogens with one attached hydrogen (secondary N) is 2. The molecule has 1 aliphatic rings. The number of carbonyl (C=O) groups excluding carboxylic acids is 2. The molecule has 2 amide bonds. The maximum Gasteiger partial charge on any atom is 0.276 e. The number of anilines is 1. The highest BCUT2D eigenvalue weighted by molar-refractivity contribution is 6.04. The number of hydrogen-bond acceptors (Lipinski definition) is 5. The van der Waals surface area contributed by atoms with Crippen LogP contribution in [-0.2, 0) is 13.1 Å². The van der Waals surface area contributed by atoms with Crippen molar-refractivity contribution in [2.45, 2.75) is 39.8 Å². The molecule has 0 bridgehead atoms. The summed E-state index contributed by atoms with van der Waals surface area (Å²) in [6, 6.07) is 16.0. The molecule has 0 spiro atoms. The molecule has 0 aliphatic carbocycles. The molecule has 3 heterocycles. The van der Waals surface area contributed by atoms with Crippen LogP contribution in [0.25, 0.3) is 0 Å². The zero-order valence-electron chi connectivity index (χ0n) is 21.4. The van der Waals surface area contributed by atoms with Gasteiger partial charge in [-0.2, -0.15) is 5.10 Å². The van der Waals surface area contributed by atoms with Gasteiger partial charge in [0.05, 0.1) is 18.0 Å². The fourth-order valence-corrected chi connectivity index (χ4v) is 5.09. The Labute approximate surface area is 219 Å². The van der Waals surface area contributed by atoms with E-state index in [9.17, 15) is 19.7 Å². The molecule has 38 heavy (non-hydrogen) atoms. The van der Waals surface area contributed by atoms with E-state index in [0.717, 1.165) is 16.8 Å². The van der Waals surface area contributed by atoms with Crippen molar-refractivity contribution in [3.05, 3.63) is 110 Å². The average molecular weight is 513 g/mol. The van der Waals surface area contributed by atoms with Gasteiger partial charge in [-0.3, -0.25) is 24.4 Å². The Bertz CT molecular complexity index is 1540. The van der Waals surface area contributed by atoms with E-state index in [-0.39, 0.29) is 35.7 Å². The highest BCUT2D eigenvalue weighted by Gasteiger charge is 2.34. The maximum atomic E-state index is 13.5. The van der Waals surface area contributed by atoms with Crippen LogP contribution in [0, 0.1) is 24.0 Å². The minimum absolute atomic E-state index is 0.0568. The van der Waals surface area contributed by atoms with E-state index in [2.05, 4.69) is 10.3 Å². The van der Waals surface area contributed by atoms with E-state index < -0.39 is 4.92 Å². The second kappa shape index (κ2) is 9.97. The monoisotopic (exact) mass is 512 g/mol. The summed E-state index contributed by atoms with van der Waals surface area (Å²) < 4.78 is 1.79. The first-order chi connectivity index (χ1) is 18.2. The molecule has 5 rings (SSSR count). The van der Waals surface area contributed by atoms with Gasteiger partial charge in [0.15, 0.2) is 5.69 Å². The van der Waals surface area contributed by atoms with Gasteiger partial charge < -0.3 is 15.2 Å². The molecule has 0 saturated carbocycles. The van der Waals surface area contributed by atoms with E-state index in [1.54, 1.807) is 47.0 Å². The predicted octanol–water partition coefficient (Wildman–Crippen LogP) is 4.80. The van der Waals surface area contributed by atoms with Gasteiger partial charge in [-0.05, 0) is 55.3 Å². The van der Waals surface area contributed by atoms with Gasteiger partial charge in [0, 0.05) is 47.2 Å². The number of nitro benzene ring substituents is 1. The Morgan fingerprint density at radius 3 is 2.66 bits per heavy atom. The smallest absolute Gasteiger partial charge is 0.276 e. The summed E-state index contributed by atoms with van der Waals surface area (Å²) in [5.41, 5.74) is 5.45. The summed E-state index contributed by atoms with van der Waals surface area (Å²) in [7, 11) is 0. The van der Waals surface area contributed by atoms with Crippen LogP contribution in [0.4, 0.5) is 11.4 Å². The third-order valence-corrected chi connectivity index (χ3v) is 6.80. The van der Waals surface area contributed by atoms with Crippen LogP contribution in [0.5, 0.6) is 0 Å². The summed E-state index contributed by atoms with van der Waals surface area (Å²) in [6.07, 6.45) is 1.71. The van der Waals surface area contributed by atoms with Crippen LogP contribution in [0.3, 0.4) is 0 Å². The number of fused-ring (bicyclic) bond motifs is 1. The molecule has 1 unspecified atom stereocenters. The van der Waals surface area contributed by atoms with Gasteiger partial charge in [0.25, 0.3) is 17.5 Å². The van der Waals surface area contributed by atoms with Crippen LogP contribution < -0.4 is 5.32 Å². The standard InChI is InChI=1S/C28H28N6O4/c1-17-6-4-7-21(12-17)30-27(35)25-22-16-32(28(36)23-8-5-11-29-23)14-19(3)26(22)33(31-25)15-20-9-10-24(34(37)38)18(2)13-20/h4-13,19,29H,14-16H2,1-3H3,(H,30,35). The van der Waals surface area contributed by atoms with E-state index in [0.29, 0.717) is 35.6 Å². The lowest BCUT2D eigenvalue weighted by molar-refractivity contribution is -0.385. The van der Waals surface area contributed by atoms with E-state index >= 15 is 0 Å². The second-order valence-electron chi connectivity index (χ2n) is 9.74. The molecule has 1 aliphatic heterocycles. The molecular weight excluding hydrogens is 484 g/mol. The van der Waals surface area contributed by atoms with E-state index in [4.69, 9.17) is 5.10 Å². The van der Waals surface area contributed by atoms with Gasteiger partial charge in [-0.1, -0.05) is 25.1 Å². The zero-order chi connectivity index (χ0) is 27.0. The average Bonchev–Trinajstić information content (AvgIpc) is 3.52. The second-order valence-corrected chi connectivity index (χ2v) is 9.74. The molecule has 0 fully saturated rings. The van der Waals surface area contributed by atoms with Crippen molar-refractivity contribution in [2.24, 2.45) is 0 Å². The predicted molar refractivity (Wildman–Crippen MR) is 142 cm³/mol. The molecule has 2 N–H and O–H groups in total. The molecule has 1 atom stereocenters. The lowest BCUT2D eigenvalue weighted by Gasteiger charge is -2.32. The lowest BCUT2D eigenvalue weighted by Crippen LogP contribution is -2.38. The van der Waals surface area contributed by atoms with Crippen LogP contribution in [0.15, 0.2) is 60.8 Å². The molecule has 194 valence electrons. The minimum atomic E-state index is -0.402. The maximum absolute atomic E-state index is 13.5. The number of hydrogen-bond donors (Lipinski definition) is 2. The molecule has 0 radical (unpaired) electrons. The van der Waals surface area contributed by atoms with Crippen molar-refractivity contribution in [3.63, 3.8) is 0 Å². The van der Waals surface area contributed by atoms with Crippen molar-refractivity contribution in [2.75, 3.05) is 11.9 Å². The van der Waals surface area contributed by atoms with Crippen molar-refractivity contribution in [1.29, 1.82) is 0 Å². The number of benzene rings is 2. The topological polar surface area (TPSA) is 126 Å². The number of H-pyrrole nitrogens is 1. The summed E-state index contributed by atoms with van der Waals surface area (Å²) >= 11 is 0. The Hall–Kier alpha value is -4.73. The molecule has 10 heteroatoms. The van der Waals surface area contributed by atoms with Crippen molar-refractivity contribution >= 4 is 23.2 Å². The quantitative estimate of drug-likeness (QED) is 0.284. The first-order valence-electron chi connectivity index (χ1n) is 12.4. The van der Waals surface area contributed by atoms with Crippen LogP contribution in [-0.4, -0.2) is 42.9 Å². The SMILES string of the molecule is Cc1cccc(NC(=O)c2nn(Cc3ccc([N+](=O)[O-])c(C)c3)c3c2CN(C(=O)c2ccc[nH]2)CC3C)c1. The summed E-state index contributed by atoms with van der Waals surface area (Å²) in [6.45, 7) is 6.71. The number of amides is 2. The van der Waals surface area contributed by atoms with E-state index in [1.807, 2.05) is 38.1 Å². The highest BCUT2D eigenvalue weighted by atomic mass is 16.6. The Morgan fingerprint density at radius 1 is 1.16 bits per heavy atom. The Kier molecular flexibility index (Phi) is 6.54. The van der Waals surface area contributed by atoms with Gasteiger partial charge in [0.2, 0.25) is 0 Å². The lowest BCUT2D eigenvalue weighted by atomic mass is 9.95. The van der Waals surface area contributed by atoms with Crippen LogP contribution in [0.1, 0.15) is 61.8 Å². The van der Waals surface area contributed by atoms with Crippen LogP contribution in [0.2, 0.25) is 0 Å². The number of aryl methyl sites for hydroxylation is 2. The fraction of sp³-hybridized carbons (Fsp3) is 0.250. The molecule has 2 aromatic heterocycles. The van der Waals surface area contributed by atoms with Gasteiger partial charge in [-0.25, -0.2) is 0 Å². The Balaban J connectivity index is 1.52. The Morgan fingerprint density at radius 2 is 1.97 bits per heavy atom. The summed E-state index contributed by atoms with van der Waals surface area (Å²) in [5, 5.41) is 18.9. The first kappa shape index (κ1) is 24.9. The van der Waals surface area contributed by atoms with Crippen molar-refractivity contribution in [1.82, 2.24) is 19.7 Å². The fourth-order valence-electron chi connectivity index (χ4n) is 5.09. The largest absolute Gasteiger partial charge is 0.357 e. The molecule has 10 nitrogen and oxygen atoms in total. The third kappa shape index (κ3) is 4.80. The number of carbonyl (C=O) groups is 2. The van der Waals surface area contributed by atoms with Crippen molar-refractivity contribution in [3.8, 4) is 0 Å². The molecule has 4 aromatic rings. The van der Waals surface area contributed by atoms with Crippen molar-refractivity contribution < 1.29 is 14.5 Å². The first-order valence-corrected chi connectivity index (χ1v) is 12.4. The number of aromatic nitrogens is 3. The number of aromatic amines is 1. The normalized spacial score (nSPS) is 14.7. The number of nitro groups is 1. The molecular formula is C28H28N6O4. The van der Waals surface area contributed by atoms with Gasteiger partial charge in [-0.15, -0.1) is 0 Å². The van der Waals surface area contributed by atoms with E-state index in [1.165, 1.54) is 6.07 Å². The molecule has 0 saturated heterocycles. The number of nitrogens with zero attached hydrogens (tertiary/aromatic N) is 4. The van der Waals surface area contributed by atoms with Crippen LogP contribution >= 0.6 is 0 Å². The zero-order valence-corrected chi connectivity index (χ0v) is 21.4. The summed E-state index contributed by atoms with van der Waals surface area (Å²) in [4.78, 5) is 42.2. The highest BCUT2D eigenvalue weighted by Crippen LogP contribution is 2.32. The minimum Gasteiger partial charge on any atom is -0.357 e.